The molecule has 0 fully saturated rings. The molecular weight excluding hydrogens is 420 g/mol. The van der Waals surface area contributed by atoms with Crippen LogP contribution in [0.2, 0.25) is 0 Å². The van der Waals surface area contributed by atoms with Crippen LogP contribution in [-0.2, 0) is 11.3 Å². The summed E-state index contributed by atoms with van der Waals surface area (Å²) in [4.78, 5) is 17.1. The van der Waals surface area contributed by atoms with E-state index in [4.69, 9.17) is 9.72 Å². The number of nitrogens with zero attached hydrogens (tertiary/aromatic N) is 3. The first-order valence-electron chi connectivity index (χ1n) is 10.4. The molecule has 4 rings (SSSR count). The topological polar surface area (TPSA) is 68.5 Å². The van der Waals surface area contributed by atoms with E-state index in [0.717, 1.165) is 27.5 Å². The van der Waals surface area contributed by atoms with Gasteiger partial charge in [-0.05, 0) is 36.8 Å². The van der Waals surface area contributed by atoms with E-state index in [1.807, 2.05) is 67.6 Å². The Balaban J connectivity index is 1.43. The third kappa shape index (κ3) is 5.36. The van der Waals surface area contributed by atoms with Gasteiger partial charge in [0, 0.05) is 5.56 Å². The SMILES string of the molecule is CCOc1ccccc1/C=N/NC(=O)CSc1nc2ccccc2n1Cc1ccccc1. The fraction of sp³-hybridized carbons (Fsp3) is 0.160. The molecule has 1 aromatic heterocycles. The van der Waals surface area contributed by atoms with Gasteiger partial charge in [-0.25, -0.2) is 10.4 Å². The van der Waals surface area contributed by atoms with Crippen LogP contribution in [-0.4, -0.2) is 34.0 Å². The van der Waals surface area contributed by atoms with Crippen LogP contribution in [0.25, 0.3) is 11.0 Å². The third-order valence-corrected chi connectivity index (χ3v) is 5.72. The number of carbonyl (C=O) groups excluding carboxylic acids is 1. The van der Waals surface area contributed by atoms with Gasteiger partial charge >= 0.3 is 0 Å². The van der Waals surface area contributed by atoms with Crippen molar-refractivity contribution in [1.29, 1.82) is 0 Å². The summed E-state index contributed by atoms with van der Waals surface area (Å²) in [6, 6.07) is 25.8. The van der Waals surface area contributed by atoms with Crippen LogP contribution in [0, 0.1) is 0 Å². The maximum atomic E-state index is 12.4. The monoisotopic (exact) mass is 444 g/mol. The fourth-order valence-electron chi connectivity index (χ4n) is 3.29. The maximum Gasteiger partial charge on any atom is 0.250 e. The van der Waals surface area contributed by atoms with Crippen molar-refractivity contribution in [2.45, 2.75) is 18.6 Å². The molecule has 0 spiro atoms. The van der Waals surface area contributed by atoms with Crippen LogP contribution in [0.1, 0.15) is 18.1 Å². The van der Waals surface area contributed by atoms with E-state index < -0.39 is 0 Å². The van der Waals surface area contributed by atoms with Crippen molar-refractivity contribution in [1.82, 2.24) is 15.0 Å². The third-order valence-electron chi connectivity index (χ3n) is 4.75. The van der Waals surface area contributed by atoms with Gasteiger partial charge in [-0.15, -0.1) is 0 Å². The Morgan fingerprint density at radius 1 is 1.06 bits per heavy atom. The molecule has 1 amide bonds. The highest BCUT2D eigenvalue weighted by atomic mass is 32.2. The average Bonchev–Trinajstić information content (AvgIpc) is 3.17. The van der Waals surface area contributed by atoms with E-state index in [1.54, 1.807) is 6.21 Å². The molecule has 0 aliphatic carbocycles. The van der Waals surface area contributed by atoms with Crippen molar-refractivity contribution in [2.75, 3.05) is 12.4 Å². The van der Waals surface area contributed by atoms with Gasteiger partial charge in [0.15, 0.2) is 5.16 Å². The highest BCUT2D eigenvalue weighted by molar-refractivity contribution is 7.99. The molecule has 7 heteroatoms. The van der Waals surface area contributed by atoms with Gasteiger partial charge in [-0.1, -0.05) is 66.4 Å². The van der Waals surface area contributed by atoms with Gasteiger partial charge < -0.3 is 9.30 Å². The minimum absolute atomic E-state index is 0.196. The van der Waals surface area contributed by atoms with E-state index in [2.05, 4.69) is 33.3 Å². The van der Waals surface area contributed by atoms with Crippen molar-refractivity contribution >= 4 is 34.9 Å². The summed E-state index contributed by atoms with van der Waals surface area (Å²) in [7, 11) is 0. The Bertz CT molecular complexity index is 1220. The van der Waals surface area contributed by atoms with Crippen LogP contribution >= 0.6 is 11.8 Å². The smallest absolute Gasteiger partial charge is 0.250 e. The number of para-hydroxylation sites is 3. The zero-order valence-corrected chi connectivity index (χ0v) is 18.6. The lowest BCUT2D eigenvalue weighted by molar-refractivity contribution is -0.118. The second-order valence-corrected chi connectivity index (χ2v) is 7.95. The molecule has 0 radical (unpaired) electrons. The predicted octanol–water partition coefficient (Wildman–Crippen LogP) is 4.73. The molecule has 1 heterocycles. The van der Waals surface area contributed by atoms with E-state index in [9.17, 15) is 4.79 Å². The summed E-state index contributed by atoms with van der Waals surface area (Å²) in [6.07, 6.45) is 1.60. The number of fused-ring (bicyclic) bond motifs is 1. The molecule has 0 unspecified atom stereocenters. The Morgan fingerprint density at radius 2 is 1.81 bits per heavy atom. The fourth-order valence-corrected chi connectivity index (χ4v) is 4.10. The van der Waals surface area contributed by atoms with Crippen LogP contribution in [0.5, 0.6) is 5.75 Å². The number of benzene rings is 3. The molecule has 3 aromatic carbocycles. The van der Waals surface area contributed by atoms with Crippen LogP contribution in [0.4, 0.5) is 0 Å². The summed E-state index contributed by atoms with van der Waals surface area (Å²) in [5.74, 6) is 0.748. The standard InChI is InChI=1S/C25H24N4O2S/c1-2-31-23-15-9-6-12-20(23)16-26-28-24(30)18-32-25-27-21-13-7-8-14-22(21)29(25)17-19-10-4-3-5-11-19/h3-16H,2,17-18H2,1H3,(H,28,30)/b26-16+. The zero-order chi connectivity index (χ0) is 22.2. The van der Waals surface area contributed by atoms with E-state index >= 15 is 0 Å². The lowest BCUT2D eigenvalue weighted by Gasteiger charge is -2.09. The molecular formula is C25H24N4O2S. The summed E-state index contributed by atoms with van der Waals surface area (Å²) < 4.78 is 7.71. The number of thioether (sulfide) groups is 1. The Hall–Kier alpha value is -3.58. The highest BCUT2D eigenvalue weighted by Crippen LogP contribution is 2.25. The quantitative estimate of drug-likeness (QED) is 0.230. The number of aromatic nitrogens is 2. The highest BCUT2D eigenvalue weighted by Gasteiger charge is 2.13. The van der Waals surface area contributed by atoms with E-state index in [0.29, 0.717) is 13.2 Å². The van der Waals surface area contributed by atoms with Gasteiger partial charge in [-0.2, -0.15) is 5.10 Å². The van der Waals surface area contributed by atoms with Gasteiger partial charge in [0.25, 0.3) is 5.91 Å². The first-order chi connectivity index (χ1) is 15.7. The number of nitrogens with one attached hydrogen (secondary N) is 1. The zero-order valence-electron chi connectivity index (χ0n) is 17.8. The van der Waals surface area contributed by atoms with Crippen molar-refractivity contribution < 1.29 is 9.53 Å². The van der Waals surface area contributed by atoms with Gasteiger partial charge in [0.1, 0.15) is 5.75 Å². The number of hydrogen-bond acceptors (Lipinski definition) is 5. The Kier molecular flexibility index (Phi) is 7.19. The molecule has 0 saturated carbocycles. The van der Waals surface area contributed by atoms with E-state index in [-0.39, 0.29) is 11.7 Å². The van der Waals surface area contributed by atoms with Gasteiger partial charge in [0.2, 0.25) is 0 Å². The molecule has 4 aromatic rings. The minimum Gasteiger partial charge on any atom is -0.493 e. The molecule has 0 bridgehead atoms. The van der Waals surface area contributed by atoms with Crippen LogP contribution in [0.15, 0.2) is 89.1 Å². The molecule has 1 N–H and O–H groups in total. The molecule has 0 saturated heterocycles. The number of amides is 1. The molecule has 162 valence electrons. The van der Waals surface area contributed by atoms with Crippen LogP contribution < -0.4 is 10.2 Å². The summed E-state index contributed by atoms with van der Waals surface area (Å²) >= 11 is 1.40. The number of hydrazone groups is 1. The first kappa shape index (κ1) is 21.6. The number of carbonyl (C=O) groups is 1. The second kappa shape index (κ2) is 10.6. The summed E-state index contributed by atoms with van der Waals surface area (Å²) in [5.41, 5.74) is 6.54. The average molecular weight is 445 g/mol. The van der Waals surface area contributed by atoms with Gasteiger partial charge in [-0.3, -0.25) is 4.79 Å². The number of hydrogen-bond donors (Lipinski definition) is 1. The minimum atomic E-state index is -0.196. The normalized spacial score (nSPS) is 11.2. The molecule has 0 aliphatic heterocycles. The predicted molar refractivity (Wildman–Crippen MR) is 129 cm³/mol. The summed E-state index contributed by atoms with van der Waals surface area (Å²) in [5, 5.41) is 4.89. The first-order valence-corrected chi connectivity index (χ1v) is 11.4. The summed E-state index contributed by atoms with van der Waals surface area (Å²) in [6.45, 7) is 3.19. The molecule has 6 nitrogen and oxygen atoms in total. The lowest BCUT2D eigenvalue weighted by Crippen LogP contribution is -2.20. The number of ether oxygens (including phenoxy) is 1. The Labute approximate surface area is 191 Å². The maximum absolute atomic E-state index is 12.4. The van der Waals surface area contributed by atoms with E-state index in [1.165, 1.54) is 17.3 Å². The largest absolute Gasteiger partial charge is 0.493 e. The van der Waals surface area contributed by atoms with Crippen molar-refractivity contribution in [3.8, 4) is 5.75 Å². The number of imidazole rings is 1. The van der Waals surface area contributed by atoms with Crippen molar-refractivity contribution in [3.05, 3.63) is 90.0 Å². The second-order valence-electron chi connectivity index (χ2n) is 7.01. The number of rotatable bonds is 9. The molecule has 32 heavy (non-hydrogen) atoms. The van der Waals surface area contributed by atoms with Crippen LogP contribution in [0.3, 0.4) is 0 Å². The lowest BCUT2D eigenvalue weighted by atomic mass is 10.2. The van der Waals surface area contributed by atoms with Crippen molar-refractivity contribution in [2.24, 2.45) is 5.10 Å². The Morgan fingerprint density at radius 3 is 2.66 bits per heavy atom. The molecule has 0 aliphatic rings. The van der Waals surface area contributed by atoms with Crippen molar-refractivity contribution in [3.63, 3.8) is 0 Å². The van der Waals surface area contributed by atoms with Gasteiger partial charge in [0.05, 0.1) is 36.2 Å². The molecule has 0 atom stereocenters.